The lowest BCUT2D eigenvalue weighted by atomic mass is 10.0. The minimum atomic E-state index is -1.73. The van der Waals surface area contributed by atoms with Gasteiger partial charge in [0.25, 0.3) is 0 Å². The minimum Gasteiger partial charge on any atom is -0.360 e. The molecule has 0 amide bonds. The average molecular weight is 683 g/mol. The van der Waals surface area contributed by atoms with Crippen molar-refractivity contribution in [2.75, 3.05) is 0 Å². The molecule has 0 rings (SSSR count). The third-order valence-corrected chi connectivity index (χ3v) is 8.70. The number of unbranched alkanes of at least 4 members (excludes halogenated alkanes) is 28. The number of esters is 2. The molecule has 9 nitrogen and oxygen atoms in total. The topological polar surface area (TPSA) is 122 Å². The van der Waals surface area contributed by atoms with Gasteiger partial charge >= 0.3 is 30.4 Å². The Morgan fingerprint density at radius 1 is 0.271 bits per heavy atom. The molecule has 0 radical (unpaired) electrons. The van der Waals surface area contributed by atoms with E-state index in [-0.39, 0.29) is 12.8 Å². The highest BCUT2D eigenvalue weighted by atomic mass is 16.9. The second-order valence-corrected chi connectivity index (χ2v) is 13.3. The normalized spacial score (nSPS) is 10.9. The SMILES string of the molecule is CCCCCCCCCCCCCCCCCC(=O)OC(=O)OC(=O)OC(=O)OC(=O)CCCCCCCCCCCCCCCCC. The molecule has 0 saturated carbocycles. The lowest BCUT2D eigenvalue weighted by molar-refractivity contribution is -0.139. The van der Waals surface area contributed by atoms with Gasteiger partial charge in [-0.2, -0.15) is 0 Å². The van der Waals surface area contributed by atoms with Gasteiger partial charge < -0.3 is 18.9 Å². The van der Waals surface area contributed by atoms with E-state index >= 15 is 0 Å². The summed E-state index contributed by atoms with van der Waals surface area (Å²) in [5, 5.41) is 0. The fraction of sp³-hybridized carbons (Fsp3) is 0.872. The molecule has 0 heterocycles. The second kappa shape index (κ2) is 35.8. The highest BCUT2D eigenvalue weighted by Crippen LogP contribution is 2.15. The molecular weight excluding hydrogens is 612 g/mol. The van der Waals surface area contributed by atoms with Crippen molar-refractivity contribution in [3.8, 4) is 0 Å². The fourth-order valence-corrected chi connectivity index (χ4v) is 5.77. The van der Waals surface area contributed by atoms with Gasteiger partial charge in [-0.25, -0.2) is 14.4 Å². The van der Waals surface area contributed by atoms with Crippen LogP contribution in [0.1, 0.15) is 219 Å². The average Bonchev–Trinajstić information content (AvgIpc) is 3.04. The molecular formula is C39H70O9. The molecule has 0 aliphatic heterocycles. The molecule has 280 valence electrons. The van der Waals surface area contributed by atoms with E-state index in [2.05, 4.69) is 32.8 Å². The number of ether oxygens (including phenoxy) is 4. The first kappa shape index (κ1) is 45.6. The van der Waals surface area contributed by atoms with Gasteiger partial charge in [0.05, 0.1) is 0 Å². The molecule has 48 heavy (non-hydrogen) atoms. The van der Waals surface area contributed by atoms with Crippen LogP contribution in [-0.4, -0.2) is 30.4 Å². The molecule has 9 heteroatoms. The largest absolute Gasteiger partial charge is 0.528 e. The minimum absolute atomic E-state index is 0.0122. The molecule has 0 spiro atoms. The standard InChI is InChI=1S/C39H70O9/c1-3-5-7-9-11-13-15-17-19-21-23-25-27-29-31-33-35(40)45-37(42)47-39(44)48-38(43)46-36(41)34-32-30-28-26-24-22-20-18-16-14-12-10-8-6-4-2/h3-34H2,1-2H3. The maximum absolute atomic E-state index is 11.8. The Labute approximate surface area is 292 Å². The van der Waals surface area contributed by atoms with E-state index < -0.39 is 30.4 Å². The van der Waals surface area contributed by atoms with E-state index in [1.54, 1.807) is 0 Å². The molecule has 0 aromatic rings. The highest BCUT2D eigenvalue weighted by molar-refractivity contribution is 5.91. The molecule has 0 aromatic carbocycles. The van der Waals surface area contributed by atoms with Crippen molar-refractivity contribution in [2.24, 2.45) is 0 Å². The first-order valence-electron chi connectivity index (χ1n) is 19.8. The van der Waals surface area contributed by atoms with Crippen molar-refractivity contribution in [1.29, 1.82) is 0 Å². The Bertz CT molecular complexity index is 747. The van der Waals surface area contributed by atoms with Crippen molar-refractivity contribution < 1.29 is 42.9 Å². The van der Waals surface area contributed by atoms with Crippen LogP contribution in [0.4, 0.5) is 14.4 Å². The summed E-state index contributed by atoms with van der Waals surface area (Å²) in [5.74, 6) is -1.66. The number of carbonyl (C=O) groups excluding carboxylic acids is 5. The van der Waals surface area contributed by atoms with Crippen LogP contribution in [-0.2, 0) is 28.5 Å². The Morgan fingerprint density at radius 2 is 0.458 bits per heavy atom. The van der Waals surface area contributed by atoms with Crippen LogP contribution in [0, 0.1) is 0 Å². The van der Waals surface area contributed by atoms with Gasteiger partial charge in [-0.15, -0.1) is 0 Å². The third-order valence-electron chi connectivity index (χ3n) is 8.70. The summed E-state index contributed by atoms with van der Waals surface area (Å²) in [6.45, 7) is 4.48. The van der Waals surface area contributed by atoms with Gasteiger partial charge in [0.15, 0.2) is 0 Å². The van der Waals surface area contributed by atoms with Gasteiger partial charge in [-0.1, -0.05) is 194 Å². The predicted octanol–water partition coefficient (Wildman–Crippen LogP) is 13.0. The molecule has 0 unspecified atom stereocenters. The maximum atomic E-state index is 11.8. The molecule has 0 fully saturated rings. The van der Waals surface area contributed by atoms with Crippen LogP contribution in [0.2, 0.25) is 0 Å². The van der Waals surface area contributed by atoms with Gasteiger partial charge in [0.1, 0.15) is 0 Å². The van der Waals surface area contributed by atoms with E-state index in [4.69, 9.17) is 0 Å². The highest BCUT2D eigenvalue weighted by Gasteiger charge is 2.22. The van der Waals surface area contributed by atoms with E-state index in [0.29, 0.717) is 12.8 Å². The van der Waals surface area contributed by atoms with E-state index in [1.807, 2.05) is 0 Å². The van der Waals surface area contributed by atoms with Crippen molar-refractivity contribution >= 4 is 30.4 Å². The van der Waals surface area contributed by atoms with Crippen LogP contribution in [0.3, 0.4) is 0 Å². The van der Waals surface area contributed by atoms with Crippen LogP contribution >= 0.6 is 0 Å². The maximum Gasteiger partial charge on any atom is 0.528 e. The quantitative estimate of drug-likeness (QED) is 0.0387. The van der Waals surface area contributed by atoms with Crippen LogP contribution in [0.15, 0.2) is 0 Å². The second-order valence-electron chi connectivity index (χ2n) is 13.3. The zero-order chi connectivity index (χ0) is 35.3. The molecule has 0 aromatic heterocycles. The number of hydrogen-bond acceptors (Lipinski definition) is 9. The molecule has 0 aliphatic carbocycles. The van der Waals surface area contributed by atoms with Crippen LogP contribution < -0.4 is 0 Å². The van der Waals surface area contributed by atoms with Gasteiger partial charge in [-0.05, 0) is 12.8 Å². The first-order chi connectivity index (χ1) is 23.4. The summed E-state index contributed by atoms with van der Waals surface area (Å²) >= 11 is 0. The number of carbonyl (C=O) groups is 5. The van der Waals surface area contributed by atoms with E-state index in [1.165, 1.54) is 141 Å². The first-order valence-corrected chi connectivity index (χ1v) is 19.8. The lowest BCUT2D eigenvalue weighted by Gasteiger charge is -2.05. The molecule has 0 saturated heterocycles. The van der Waals surface area contributed by atoms with Gasteiger partial charge in [0, 0.05) is 12.8 Å². The number of hydrogen-bond donors (Lipinski definition) is 0. The summed E-state index contributed by atoms with van der Waals surface area (Å²) in [6, 6.07) is 0. The predicted molar refractivity (Wildman–Crippen MR) is 190 cm³/mol. The third kappa shape index (κ3) is 34.9. The Morgan fingerprint density at radius 3 is 0.688 bits per heavy atom. The van der Waals surface area contributed by atoms with Crippen LogP contribution in [0.5, 0.6) is 0 Å². The lowest BCUT2D eigenvalue weighted by Crippen LogP contribution is -2.22. The molecule has 0 bridgehead atoms. The summed E-state index contributed by atoms with van der Waals surface area (Å²) < 4.78 is 17.1. The number of rotatable bonds is 32. The Hall–Kier alpha value is -2.45. The zero-order valence-corrected chi connectivity index (χ0v) is 30.8. The summed E-state index contributed by atoms with van der Waals surface area (Å²) in [7, 11) is 0. The molecule has 0 atom stereocenters. The summed E-state index contributed by atoms with van der Waals surface area (Å²) in [5.41, 5.74) is 0. The smallest absolute Gasteiger partial charge is 0.360 e. The zero-order valence-electron chi connectivity index (χ0n) is 30.8. The van der Waals surface area contributed by atoms with Crippen molar-refractivity contribution in [3.05, 3.63) is 0 Å². The Kier molecular flexibility index (Phi) is 34.0. The van der Waals surface area contributed by atoms with Crippen molar-refractivity contribution in [3.63, 3.8) is 0 Å². The molecule has 0 aliphatic rings. The van der Waals surface area contributed by atoms with E-state index in [0.717, 1.165) is 38.5 Å². The summed E-state index contributed by atoms with van der Waals surface area (Å²) in [4.78, 5) is 58.4. The monoisotopic (exact) mass is 683 g/mol. The molecule has 0 N–H and O–H groups in total. The van der Waals surface area contributed by atoms with Crippen molar-refractivity contribution in [2.45, 2.75) is 219 Å². The van der Waals surface area contributed by atoms with Gasteiger partial charge in [0.2, 0.25) is 0 Å². The Balaban J connectivity index is 3.60. The van der Waals surface area contributed by atoms with Crippen molar-refractivity contribution in [1.82, 2.24) is 0 Å². The summed E-state index contributed by atoms with van der Waals surface area (Å²) in [6.07, 6.45) is 31.0. The van der Waals surface area contributed by atoms with Gasteiger partial charge in [-0.3, -0.25) is 9.59 Å². The van der Waals surface area contributed by atoms with Crippen LogP contribution in [0.25, 0.3) is 0 Å². The fourth-order valence-electron chi connectivity index (χ4n) is 5.77. The van der Waals surface area contributed by atoms with E-state index in [9.17, 15) is 24.0 Å².